The van der Waals surface area contributed by atoms with Gasteiger partial charge in [0.1, 0.15) is 5.75 Å². The van der Waals surface area contributed by atoms with Gasteiger partial charge in [0.2, 0.25) is 5.91 Å². The highest BCUT2D eigenvalue weighted by atomic mass is 16.5. The molecule has 23 heavy (non-hydrogen) atoms. The molecule has 0 aliphatic carbocycles. The highest BCUT2D eigenvalue weighted by Gasteiger charge is 2.16. The second-order valence-corrected chi connectivity index (χ2v) is 5.81. The lowest BCUT2D eigenvalue weighted by Gasteiger charge is -2.12. The number of ether oxygens (including phenoxy) is 2. The summed E-state index contributed by atoms with van der Waals surface area (Å²) in [6, 6.07) is 6.84. The number of rotatable bonds is 7. The van der Waals surface area contributed by atoms with Crippen molar-refractivity contribution < 1.29 is 19.1 Å². The molecular formula is C17H24N2O4. The summed E-state index contributed by atoms with van der Waals surface area (Å²) in [6.07, 6.45) is 2.19. The molecule has 0 saturated carbocycles. The number of carbonyl (C=O) groups excluding carboxylic acids is 2. The van der Waals surface area contributed by atoms with Gasteiger partial charge in [-0.2, -0.15) is 0 Å². The fourth-order valence-electron chi connectivity index (χ4n) is 2.32. The third-order valence-corrected chi connectivity index (χ3v) is 3.45. The minimum Gasteiger partial charge on any atom is -0.491 e. The van der Waals surface area contributed by atoms with Crippen molar-refractivity contribution in [2.45, 2.75) is 38.9 Å². The van der Waals surface area contributed by atoms with E-state index in [0.717, 1.165) is 19.4 Å². The van der Waals surface area contributed by atoms with Crippen LogP contribution in [0.15, 0.2) is 24.3 Å². The molecule has 1 aromatic carbocycles. The Morgan fingerprint density at radius 1 is 1.26 bits per heavy atom. The first kappa shape index (κ1) is 17.3. The van der Waals surface area contributed by atoms with Crippen LogP contribution < -0.4 is 15.4 Å². The summed E-state index contributed by atoms with van der Waals surface area (Å²) in [5, 5.41) is 5.37. The lowest BCUT2D eigenvalue weighted by atomic mass is 10.2. The summed E-state index contributed by atoms with van der Waals surface area (Å²) >= 11 is 0. The van der Waals surface area contributed by atoms with E-state index in [1.54, 1.807) is 24.3 Å². The molecule has 2 rings (SSSR count). The molecule has 1 aliphatic heterocycles. The third kappa shape index (κ3) is 5.90. The largest absolute Gasteiger partial charge is 0.491 e. The van der Waals surface area contributed by atoms with Gasteiger partial charge in [0.15, 0.2) is 0 Å². The molecule has 1 atom stereocenters. The molecule has 1 aromatic rings. The number of amides is 2. The van der Waals surface area contributed by atoms with Crippen LogP contribution in [0.1, 0.15) is 37.0 Å². The van der Waals surface area contributed by atoms with Gasteiger partial charge in [-0.25, -0.2) is 0 Å². The van der Waals surface area contributed by atoms with E-state index >= 15 is 0 Å². The Hall–Kier alpha value is -2.08. The molecule has 0 aromatic heterocycles. The predicted molar refractivity (Wildman–Crippen MR) is 86.5 cm³/mol. The summed E-state index contributed by atoms with van der Waals surface area (Å²) in [5.41, 5.74) is 0.494. The molecule has 0 bridgehead atoms. The molecule has 1 fully saturated rings. The SMILES string of the molecule is CC(C)Oc1ccc(C(=O)NCC(=O)NCC2CCCO2)cc1. The van der Waals surface area contributed by atoms with Gasteiger partial charge in [-0.05, 0) is 51.0 Å². The number of hydrogen-bond acceptors (Lipinski definition) is 4. The Bertz CT molecular complexity index is 522. The van der Waals surface area contributed by atoms with Crippen LogP contribution in [0.25, 0.3) is 0 Å². The van der Waals surface area contributed by atoms with Gasteiger partial charge in [0.05, 0.1) is 18.8 Å². The van der Waals surface area contributed by atoms with E-state index in [2.05, 4.69) is 10.6 Å². The van der Waals surface area contributed by atoms with E-state index in [9.17, 15) is 9.59 Å². The van der Waals surface area contributed by atoms with Gasteiger partial charge < -0.3 is 20.1 Å². The summed E-state index contributed by atoms with van der Waals surface area (Å²) in [5.74, 6) is 0.216. The van der Waals surface area contributed by atoms with Crippen molar-refractivity contribution in [3.63, 3.8) is 0 Å². The first-order valence-corrected chi connectivity index (χ1v) is 7.98. The molecule has 2 amide bonds. The number of benzene rings is 1. The van der Waals surface area contributed by atoms with Crippen LogP contribution in [0.4, 0.5) is 0 Å². The van der Waals surface area contributed by atoms with Crippen molar-refractivity contribution in [1.29, 1.82) is 0 Å². The zero-order valence-electron chi connectivity index (χ0n) is 13.6. The lowest BCUT2D eigenvalue weighted by Crippen LogP contribution is -2.39. The molecule has 1 saturated heterocycles. The maximum Gasteiger partial charge on any atom is 0.251 e. The van der Waals surface area contributed by atoms with Crippen LogP contribution in [-0.2, 0) is 9.53 Å². The lowest BCUT2D eigenvalue weighted by molar-refractivity contribution is -0.120. The predicted octanol–water partition coefficient (Wildman–Crippen LogP) is 1.50. The Labute approximate surface area is 136 Å². The Morgan fingerprint density at radius 2 is 2.00 bits per heavy atom. The number of hydrogen-bond donors (Lipinski definition) is 2. The van der Waals surface area contributed by atoms with Crippen LogP contribution in [0.3, 0.4) is 0 Å². The van der Waals surface area contributed by atoms with Crippen molar-refractivity contribution in [2.24, 2.45) is 0 Å². The quantitative estimate of drug-likeness (QED) is 0.798. The van der Waals surface area contributed by atoms with E-state index in [4.69, 9.17) is 9.47 Å². The van der Waals surface area contributed by atoms with Crippen molar-refractivity contribution in [2.75, 3.05) is 19.7 Å². The first-order valence-electron chi connectivity index (χ1n) is 7.98. The van der Waals surface area contributed by atoms with E-state index in [0.29, 0.717) is 17.9 Å². The standard InChI is InChI=1S/C17H24N2O4/c1-12(2)23-14-7-5-13(6-8-14)17(21)19-11-16(20)18-10-15-4-3-9-22-15/h5-8,12,15H,3-4,9-11H2,1-2H3,(H,18,20)(H,19,21). The van der Waals surface area contributed by atoms with E-state index in [-0.39, 0.29) is 30.6 Å². The topological polar surface area (TPSA) is 76.7 Å². The Morgan fingerprint density at radius 3 is 2.61 bits per heavy atom. The van der Waals surface area contributed by atoms with Crippen molar-refractivity contribution in [1.82, 2.24) is 10.6 Å². The van der Waals surface area contributed by atoms with Crippen LogP contribution in [-0.4, -0.2) is 43.7 Å². The van der Waals surface area contributed by atoms with Crippen molar-refractivity contribution >= 4 is 11.8 Å². The maximum atomic E-state index is 12.0. The molecule has 6 nitrogen and oxygen atoms in total. The minimum atomic E-state index is -0.284. The van der Waals surface area contributed by atoms with E-state index in [1.807, 2.05) is 13.8 Å². The molecule has 6 heteroatoms. The molecule has 1 unspecified atom stereocenters. The van der Waals surface area contributed by atoms with Gasteiger partial charge >= 0.3 is 0 Å². The monoisotopic (exact) mass is 320 g/mol. The van der Waals surface area contributed by atoms with Crippen LogP contribution >= 0.6 is 0 Å². The highest BCUT2D eigenvalue weighted by Crippen LogP contribution is 2.13. The molecule has 1 aliphatic rings. The van der Waals surface area contributed by atoms with Crippen LogP contribution in [0, 0.1) is 0 Å². The molecule has 0 spiro atoms. The number of carbonyl (C=O) groups is 2. The van der Waals surface area contributed by atoms with Crippen molar-refractivity contribution in [3.05, 3.63) is 29.8 Å². The Kier molecular flexibility index (Phi) is 6.40. The minimum absolute atomic E-state index is 0.0458. The van der Waals surface area contributed by atoms with E-state index < -0.39 is 0 Å². The van der Waals surface area contributed by atoms with Gasteiger partial charge in [0.25, 0.3) is 5.91 Å². The van der Waals surface area contributed by atoms with Gasteiger partial charge in [-0.15, -0.1) is 0 Å². The summed E-state index contributed by atoms with van der Waals surface area (Å²) in [4.78, 5) is 23.7. The van der Waals surface area contributed by atoms with Crippen LogP contribution in [0.5, 0.6) is 5.75 Å². The maximum absolute atomic E-state index is 12.0. The van der Waals surface area contributed by atoms with Crippen molar-refractivity contribution in [3.8, 4) is 5.75 Å². The van der Waals surface area contributed by atoms with Gasteiger partial charge in [-0.3, -0.25) is 9.59 Å². The fourth-order valence-corrected chi connectivity index (χ4v) is 2.32. The average Bonchev–Trinajstić information content (AvgIpc) is 3.04. The zero-order valence-corrected chi connectivity index (χ0v) is 13.6. The fraction of sp³-hybridized carbons (Fsp3) is 0.529. The third-order valence-electron chi connectivity index (χ3n) is 3.45. The second-order valence-electron chi connectivity index (χ2n) is 5.81. The zero-order chi connectivity index (χ0) is 16.7. The smallest absolute Gasteiger partial charge is 0.251 e. The average molecular weight is 320 g/mol. The second kappa shape index (κ2) is 8.53. The Balaban J connectivity index is 1.71. The summed E-state index contributed by atoms with van der Waals surface area (Å²) in [7, 11) is 0. The van der Waals surface area contributed by atoms with Gasteiger partial charge in [0, 0.05) is 18.7 Å². The number of nitrogens with one attached hydrogen (secondary N) is 2. The molecular weight excluding hydrogens is 296 g/mol. The molecule has 1 heterocycles. The summed E-state index contributed by atoms with van der Waals surface area (Å²) in [6.45, 7) is 5.09. The van der Waals surface area contributed by atoms with Gasteiger partial charge in [-0.1, -0.05) is 0 Å². The first-order chi connectivity index (χ1) is 11.0. The molecule has 126 valence electrons. The molecule has 2 N–H and O–H groups in total. The molecule has 0 radical (unpaired) electrons. The normalized spacial score (nSPS) is 17.1. The van der Waals surface area contributed by atoms with E-state index in [1.165, 1.54) is 0 Å². The highest BCUT2D eigenvalue weighted by molar-refractivity contribution is 5.96. The summed E-state index contributed by atoms with van der Waals surface area (Å²) < 4.78 is 10.9. The van der Waals surface area contributed by atoms with Crippen LogP contribution in [0.2, 0.25) is 0 Å².